The number of hydrogen-bond donors (Lipinski definition) is 1. The van der Waals surface area contributed by atoms with E-state index in [-0.39, 0.29) is 11.7 Å². The molecule has 0 fully saturated rings. The lowest BCUT2D eigenvalue weighted by molar-refractivity contribution is -0.118. The molecule has 0 aliphatic heterocycles. The van der Waals surface area contributed by atoms with Crippen molar-refractivity contribution in [3.05, 3.63) is 30.1 Å². The molecule has 1 aromatic rings. The minimum atomic E-state index is -0.319. The molecule has 1 unspecified atom stereocenters. The fourth-order valence-corrected chi connectivity index (χ4v) is 2.08. The summed E-state index contributed by atoms with van der Waals surface area (Å²) in [5.74, 6) is 0.164. The Hall–Kier alpha value is -1.42. The van der Waals surface area contributed by atoms with Crippen molar-refractivity contribution < 1.29 is 9.18 Å². The van der Waals surface area contributed by atoms with Gasteiger partial charge in [0.05, 0.1) is 0 Å². The maximum Gasteiger partial charge on any atom is 0.226 e. The molecule has 106 valence electrons. The Labute approximate surface area is 114 Å². The lowest BCUT2D eigenvalue weighted by atomic mass is 10.0. The smallest absolute Gasteiger partial charge is 0.226 e. The van der Waals surface area contributed by atoms with E-state index in [1.165, 1.54) is 12.1 Å². The molecule has 0 saturated carbocycles. The number of benzene rings is 1. The number of nitrogens with two attached hydrogens (primary N) is 1. The monoisotopic (exact) mass is 266 g/mol. The molecule has 0 aliphatic rings. The van der Waals surface area contributed by atoms with E-state index in [0.717, 1.165) is 12.8 Å². The first-order valence-electron chi connectivity index (χ1n) is 6.84. The molecule has 0 bridgehead atoms. The molecule has 1 amide bonds. The highest BCUT2D eigenvalue weighted by molar-refractivity contribution is 5.93. The average molecular weight is 266 g/mol. The quantitative estimate of drug-likeness (QED) is 0.824. The Morgan fingerprint density at radius 1 is 1.42 bits per heavy atom. The Bertz CT molecular complexity index is 409. The third-order valence-electron chi connectivity index (χ3n) is 3.25. The molecule has 1 aromatic carbocycles. The first kappa shape index (κ1) is 15.6. The van der Waals surface area contributed by atoms with Gasteiger partial charge in [0.15, 0.2) is 0 Å². The van der Waals surface area contributed by atoms with Crippen molar-refractivity contribution in [2.75, 3.05) is 18.0 Å². The Balaban J connectivity index is 2.62. The zero-order valence-electron chi connectivity index (χ0n) is 11.7. The van der Waals surface area contributed by atoms with Gasteiger partial charge in [-0.25, -0.2) is 4.39 Å². The van der Waals surface area contributed by atoms with Gasteiger partial charge in [-0.05, 0) is 50.4 Å². The van der Waals surface area contributed by atoms with Crippen LogP contribution in [0.5, 0.6) is 0 Å². The van der Waals surface area contributed by atoms with E-state index in [0.29, 0.717) is 31.1 Å². The second kappa shape index (κ2) is 7.89. The summed E-state index contributed by atoms with van der Waals surface area (Å²) in [4.78, 5) is 13.8. The fourth-order valence-electron chi connectivity index (χ4n) is 2.08. The fraction of sp³-hybridized carbons (Fsp3) is 0.533. The summed E-state index contributed by atoms with van der Waals surface area (Å²) < 4.78 is 13.2. The molecule has 3 nitrogen and oxygen atoms in total. The number of amides is 1. The summed E-state index contributed by atoms with van der Waals surface area (Å²) >= 11 is 0. The Kier molecular flexibility index (Phi) is 6.50. The van der Waals surface area contributed by atoms with Crippen LogP contribution in [0, 0.1) is 11.7 Å². The standard InChI is InChI=1S/C15H23FN2O/c1-3-18(14-6-4-5-13(16)11-14)15(19)8-7-12(2)9-10-17/h4-6,11-12H,3,7-10,17H2,1-2H3. The zero-order chi connectivity index (χ0) is 14.3. The largest absolute Gasteiger partial charge is 0.330 e. The number of rotatable bonds is 7. The Morgan fingerprint density at radius 3 is 2.74 bits per heavy atom. The highest BCUT2D eigenvalue weighted by Gasteiger charge is 2.15. The molecule has 4 heteroatoms. The van der Waals surface area contributed by atoms with Gasteiger partial charge in [-0.2, -0.15) is 0 Å². The van der Waals surface area contributed by atoms with Crippen molar-refractivity contribution in [2.24, 2.45) is 11.7 Å². The van der Waals surface area contributed by atoms with Crippen LogP contribution in [-0.4, -0.2) is 19.0 Å². The molecule has 2 N–H and O–H groups in total. The van der Waals surface area contributed by atoms with Crippen molar-refractivity contribution >= 4 is 11.6 Å². The molecule has 0 spiro atoms. The van der Waals surface area contributed by atoms with Gasteiger partial charge in [0.2, 0.25) is 5.91 Å². The summed E-state index contributed by atoms with van der Waals surface area (Å²) in [6.07, 6.45) is 2.23. The number of hydrogen-bond acceptors (Lipinski definition) is 2. The summed E-state index contributed by atoms with van der Waals surface area (Å²) in [6, 6.07) is 6.15. The van der Waals surface area contributed by atoms with E-state index < -0.39 is 0 Å². The van der Waals surface area contributed by atoms with Crippen LogP contribution in [0.3, 0.4) is 0 Å². The first-order valence-corrected chi connectivity index (χ1v) is 6.84. The minimum Gasteiger partial charge on any atom is -0.330 e. The van der Waals surface area contributed by atoms with E-state index >= 15 is 0 Å². The van der Waals surface area contributed by atoms with E-state index in [1.807, 2.05) is 6.92 Å². The van der Waals surface area contributed by atoms with Crippen LogP contribution in [0.4, 0.5) is 10.1 Å². The van der Waals surface area contributed by atoms with Gasteiger partial charge in [0.1, 0.15) is 5.82 Å². The van der Waals surface area contributed by atoms with Gasteiger partial charge in [0, 0.05) is 18.7 Å². The van der Waals surface area contributed by atoms with Crippen LogP contribution < -0.4 is 10.6 Å². The molecule has 0 saturated heterocycles. The third kappa shape index (κ3) is 4.99. The SMILES string of the molecule is CCN(C(=O)CCC(C)CCN)c1cccc(F)c1. The highest BCUT2D eigenvalue weighted by atomic mass is 19.1. The molecular weight excluding hydrogens is 243 g/mol. The molecule has 0 aromatic heterocycles. The summed E-state index contributed by atoms with van der Waals surface area (Å²) in [5.41, 5.74) is 6.12. The van der Waals surface area contributed by atoms with E-state index in [1.54, 1.807) is 17.0 Å². The molecule has 19 heavy (non-hydrogen) atoms. The lowest BCUT2D eigenvalue weighted by Crippen LogP contribution is -2.30. The van der Waals surface area contributed by atoms with Crippen molar-refractivity contribution in [1.29, 1.82) is 0 Å². The Morgan fingerprint density at radius 2 is 2.16 bits per heavy atom. The van der Waals surface area contributed by atoms with Crippen LogP contribution in [0.15, 0.2) is 24.3 Å². The van der Waals surface area contributed by atoms with Gasteiger partial charge in [-0.1, -0.05) is 13.0 Å². The van der Waals surface area contributed by atoms with Gasteiger partial charge in [-0.15, -0.1) is 0 Å². The average Bonchev–Trinajstić information content (AvgIpc) is 2.38. The second-order valence-electron chi connectivity index (χ2n) is 4.84. The van der Waals surface area contributed by atoms with Crippen LogP contribution in [0.2, 0.25) is 0 Å². The van der Waals surface area contributed by atoms with Crippen molar-refractivity contribution in [2.45, 2.75) is 33.1 Å². The molecule has 0 aliphatic carbocycles. The van der Waals surface area contributed by atoms with Crippen LogP contribution >= 0.6 is 0 Å². The topological polar surface area (TPSA) is 46.3 Å². The van der Waals surface area contributed by atoms with Gasteiger partial charge >= 0.3 is 0 Å². The van der Waals surface area contributed by atoms with Crippen LogP contribution in [0.1, 0.15) is 33.1 Å². The van der Waals surface area contributed by atoms with Gasteiger partial charge in [-0.3, -0.25) is 4.79 Å². The molecule has 0 radical (unpaired) electrons. The highest BCUT2D eigenvalue weighted by Crippen LogP contribution is 2.18. The number of carbonyl (C=O) groups is 1. The second-order valence-corrected chi connectivity index (χ2v) is 4.84. The lowest BCUT2D eigenvalue weighted by Gasteiger charge is -2.22. The van der Waals surface area contributed by atoms with Crippen LogP contribution in [-0.2, 0) is 4.79 Å². The van der Waals surface area contributed by atoms with E-state index in [4.69, 9.17) is 5.73 Å². The molecule has 0 heterocycles. The van der Waals surface area contributed by atoms with Crippen molar-refractivity contribution in [3.63, 3.8) is 0 Å². The van der Waals surface area contributed by atoms with E-state index in [9.17, 15) is 9.18 Å². The summed E-state index contributed by atoms with van der Waals surface area (Å²) in [7, 11) is 0. The number of anilines is 1. The third-order valence-corrected chi connectivity index (χ3v) is 3.25. The molecular formula is C15H23FN2O. The number of nitrogens with zero attached hydrogens (tertiary/aromatic N) is 1. The molecule has 1 atom stereocenters. The maximum atomic E-state index is 13.2. The zero-order valence-corrected chi connectivity index (χ0v) is 11.7. The predicted molar refractivity (Wildman–Crippen MR) is 76.5 cm³/mol. The normalized spacial score (nSPS) is 12.2. The summed E-state index contributed by atoms with van der Waals surface area (Å²) in [6.45, 7) is 5.19. The van der Waals surface area contributed by atoms with Crippen LogP contribution in [0.25, 0.3) is 0 Å². The molecule has 1 rings (SSSR count). The van der Waals surface area contributed by atoms with E-state index in [2.05, 4.69) is 6.92 Å². The summed E-state index contributed by atoms with van der Waals surface area (Å²) in [5, 5.41) is 0. The predicted octanol–water partition coefficient (Wildman–Crippen LogP) is 2.94. The van der Waals surface area contributed by atoms with Crippen molar-refractivity contribution in [3.8, 4) is 0 Å². The van der Waals surface area contributed by atoms with Crippen molar-refractivity contribution in [1.82, 2.24) is 0 Å². The van der Waals surface area contributed by atoms with Gasteiger partial charge < -0.3 is 10.6 Å². The number of halogens is 1. The van der Waals surface area contributed by atoms with Gasteiger partial charge in [0.25, 0.3) is 0 Å². The minimum absolute atomic E-state index is 0.0389. The maximum absolute atomic E-state index is 13.2. The first-order chi connectivity index (χ1) is 9.08. The number of carbonyl (C=O) groups excluding carboxylic acids is 1.